The monoisotopic (exact) mass is 161 g/mol. The van der Waals surface area contributed by atoms with E-state index in [1.807, 2.05) is 0 Å². The lowest BCUT2D eigenvalue weighted by Crippen LogP contribution is -2.28. The number of ether oxygens (including phenoxy) is 1. The second-order valence-corrected chi connectivity index (χ2v) is 3.20. The van der Waals surface area contributed by atoms with Crippen molar-refractivity contribution in [3.63, 3.8) is 0 Å². The highest BCUT2D eigenvalue weighted by Gasteiger charge is 2.01. The van der Waals surface area contributed by atoms with Gasteiger partial charge in [0.05, 0.1) is 6.61 Å². The molecule has 0 amide bonds. The molecule has 0 heterocycles. The maximum absolute atomic E-state index is 8.51. The lowest BCUT2D eigenvalue weighted by molar-refractivity contribution is 0.0919. The van der Waals surface area contributed by atoms with Crippen LogP contribution in [0.25, 0.3) is 0 Å². The van der Waals surface area contributed by atoms with Crippen LogP contribution in [-0.4, -0.2) is 31.0 Å². The number of nitrogens with two attached hydrogens (primary N) is 1. The normalized spacial score (nSPS) is 13.9. The Kier molecular flexibility index (Phi) is 6.51. The van der Waals surface area contributed by atoms with E-state index in [0.29, 0.717) is 18.9 Å². The Labute approximate surface area is 68.5 Å². The summed E-state index contributed by atoms with van der Waals surface area (Å²) in [5.41, 5.74) is 5.59. The molecule has 68 valence electrons. The standard InChI is InChI=1S/C8H19NO2/c1-7(2)5-11-6-8(9)3-4-10/h7-8,10H,3-6,9H2,1-2H3. The average molecular weight is 161 g/mol. The Balaban J connectivity index is 3.10. The number of rotatable bonds is 6. The Bertz CT molecular complexity index is 86.2. The SMILES string of the molecule is CC(C)COCC(N)CCO. The fourth-order valence-corrected chi connectivity index (χ4v) is 0.704. The Morgan fingerprint density at radius 1 is 1.36 bits per heavy atom. The predicted octanol–water partition coefficient (Wildman–Crippen LogP) is 0.369. The van der Waals surface area contributed by atoms with Gasteiger partial charge in [0, 0.05) is 19.3 Å². The zero-order valence-electron chi connectivity index (χ0n) is 7.42. The summed E-state index contributed by atoms with van der Waals surface area (Å²) in [4.78, 5) is 0. The van der Waals surface area contributed by atoms with E-state index in [1.54, 1.807) is 0 Å². The molecule has 0 spiro atoms. The van der Waals surface area contributed by atoms with Gasteiger partial charge in [-0.25, -0.2) is 0 Å². The fourth-order valence-electron chi connectivity index (χ4n) is 0.704. The van der Waals surface area contributed by atoms with E-state index in [9.17, 15) is 0 Å². The van der Waals surface area contributed by atoms with Crippen molar-refractivity contribution in [2.75, 3.05) is 19.8 Å². The number of aliphatic hydroxyl groups is 1. The van der Waals surface area contributed by atoms with E-state index in [-0.39, 0.29) is 12.6 Å². The Morgan fingerprint density at radius 2 is 2.00 bits per heavy atom. The molecule has 0 radical (unpaired) electrons. The van der Waals surface area contributed by atoms with Crippen molar-refractivity contribution in [1.82, 2.24) is 0 Å². The summed E-state index contributed by atoms with van der Waals surface area (Å²) in [7, 11) is 0. The summed E-state index contributed by atoms with van der Waals surface area (Å²) in [5, 5.41) is 8.51. The zero-order valence-corrected chi connectivity index (χ0v) is 7.42. The molecular formula is C8H19NO2. The maximum Gasteiger partial charge on any atom is 0.0618 e. The number of hydrogen-bond donors (Lipinski definition) is 2. The molecule has 3 nitrogen and oxygen atoms in total. The molecule has 0 aromatic rings. The summed E-state index contributed by atoms with van der Waals surface area (Å²) in [6, 6.07) is -0.0150. The molecule has 0 rings (SSSR count). The van der Waals surface area contributed by atoms with Crippen molar-refractivity contribution in [3.8, 4) is 0 Å². The summed E-state index contributed by atoms with van der Waals surface area (Å²) < 4.78 is 5.27. The lowest BCUT2D eigenvalue weighted by atomic mass is 10.2. The molecule has 11 heavy (non-hydrogen) atoms. The van der Waals surface area contributed by atoms with Crippen LogP contribution in [-0.2, 0) is 4.74 Å². The highest BCUT2D eigenvalue weighted by molar-refractivity contribution is 4.58. The van der Waals surface area contributed by atoms with E-state index < -0.39 is 0 Å². The lowest BCUT2D eigenvalue weighted by Gasteiger charge is -2.11. The first-order chi connectivity index (χ1) is 5.16. The van der Waals surface area contributed by atoms with Crippen molar-refractivity contribution < 1.29 is 9.84 Å². The minimum Gasteiger partial charge on any atom is -0.396 e. The van der Waals surface area contributed by atoms with Crippen molar-refractivity contribution in [2.45, 2.75) is 26.3 Å². The van der Waals surface area contributed by atoms with Crippen LogP contribution in [0.4, 0.5) is 0 Å². The summed E-state index contributed by atoms with van der Waals surface area (Å²) in [6.07, 6.45) is 0.623. The summed E-state index contributed by atoms with van der Waals surface area (Å²) in [6.45, 7) is 5.64. The third-order valence-corrected chi connectivity index (χ3v) is 1.28. The van der Waals surface area contributed by atoms with Crippen LogP contribution in [0.2, 0.25) is 0 Å². The first-order valence-corrected chi connectivity index (χ1v) is 4.11. The van der Waals surface area contributed by atoms with Crippen LogP contribution in [0, 0.1) is 5.92 Å². The molecule has 3 N–H and O–H groups in total. The van der Waals surface area contributed by atoms with Gasteiger partial charge < -0.3 is 15.6 Å². The highest BCUT2D eigenvalue weighted by atomic mass is 16.5. The van der Waals surface area contributed by atoms with E-state index in [0.717, 1.165) is 6.61 Å². The van der Waals surface area contributed by atoms with Gasteiger partial charge in [0.2, 0.25) is 0 Å². The molecule has 1 unspecified atom stereocenters. The second-order valence-electron chi connectivity index (χ2n) is 3.20. The Morgan fingerprint density at radius 3 is 2.45 bits per heavy atom. The predicted molar refractivity (Wildman–Crippen MR) is 45.3 cm³/mol. The van der Waals surface area contributed by atoms with Crippen molar-refractivity contribution >= 4 is 0 Å². The summed E-state index contributed by atoms with van der Waals surface area (Å²) in [5.74, 6) is 0.552. The largest absolute Gasteiger partial charge is 0.396 e. The van der Waals surface area contributed by atoms with Gasteiger partial charge in [-0.3, -0.25) is 0 Å². The van der Waals surface area contributed by atoms with Crippen LogP contribution in [0.3, 0.4) is 0 Å². The van der Waals surface area contributed by atoms with E-state index in [2.05, 4.69) is 13.8 Å². The van der Waals surface area contributed by atoms with Crippen LogP contribution in [0.15, 0.2) is 0 Å². The molecule has 0 saturated heterocycles. The van der Waals surface area contributed by atoms with Crippen LogP contribution < -0.4 is 5.73 Å². The molecule has 0 aliphatic carbocycles. The molecule has 0 aromatic carbocycles. The molecule has 0 bridgehead atoms. The fraction of sp³-hybridized carbons (Fsp3) is 1.00. The highest BCUT2D eigenvalue weighted by Crippen LogP contribution is 1.94. The number of hydrogen-bond acceptors (Lipinski definition) is 3. The van der Waals surface area contributed by atoms with Gasteiger partial charge in [0.1, 0.15) is 0 Å². The molecular weight excluding hydrogens is 142 g/mol. The average Bonchev–Trinajstić information content (AvgIpc) is 1.87. The third-order valence-electron chi connectivity index (χ3n) is 1.28. The second kappa shape index (κ2) is 6.58. The maximum atomic E-state index is 8.51. The van der Waals surface area contributed by atoms with Gasteiger partial charge in [-0.15, -0.1) is 0 Å². The van der Waals surface area contributed by atoms with Crippen molar-refractivity contribution in [1.29, 1.82) is 0 Å². The van der Waals surface area contributed by atoms with Gasteiger partial charge in [0.15, 0.2) is 0 Å². The van der Waals surface area contributed by atoms with Crippen LogP contribution in [0.1, 0.15) is 20.3 Å². The molecule has 0 saturated carbocycles. The minimum atomic E-state index is -0.0150. The van der Waals surface area contributed by atoms with Crippen molar-refractivity contribution in [2.24, 2.45) is 11.7 Å². The van der Waals surface area contributed by atoms with E-state index >= 15 is 0 Å². The van der Waals surface area contributed by atoms with Gasteiger partial charge in [-0.2, -0.15) is 0 Å². The summed E-state index contributed by atoms with van der Waals surface area (Å²) >= 11 is 0. The van der Waals surface area contributed by atoms with E-state index in [1.165, 1.54) is 0 Å². The van der Waals surface area contributed by atoms with Gasteiger partial charge in [-0.1, -0.05) is 13.8 Å². The quantitative estimate of drug-likeness (QED) is 0.591. The number of aliphatic hydroxyl groups excluding tert-OH is 1. The first-order valence-electron chi connectivity index (χ1n) is 4.11. The smallest absolute Gasteiger partial charge is 0.0618 e. The van der Waals surface area contributed by atoms with Crippen LogP contribution in [0.5, 0.6) is 0 Å². The van der Waals surface area contributed by atoms with Gasteiger partial charge >= 0.3 is 0 Å². The molecule has 0 aliphatic heterocycles. The molecule has 0 aromatic heterocycles. The van der Waals surface area contributed by atoms with Crippen molar-refractivity contribution in [3.05, 3.63) is 0 Å². The van der Waals surface area contributed by atoms with Gasteiger partial charge in [0.25, 0.3) is 0 Å². The minimum absolute atomic E-state index is 0.0150. The molecule has 1 atom stereocenters. The molecule has 0 fully saturated rings. The molecule has 0 aliphatic rings. The zero-order chi connectivity index (χ0) is 8.69. The first kappa shape index (κ1) is 10.9. The Hall–Kier alpha value is -0.120. The van der Waals surface area contributed by atoms with Crippen LogP contribution >= 0.6 is 0 Å². The van der Waals surface area contributed by atoms with E-state index in [4.69, 9.17) is 15.6 Å². The third kappa shape index (κ3) is 7.78. The molecule has 3 heteroatoms. The topological polar surface area (TPSA) is 55.5 Å². The van der Waals surface area contributed by atoms with Gasteiger partial charge in [-0.05, 0) is 12.3 Å².